The summed E-state index contributed by atoms with van der Waals surface area (Å²) in [4.78, 5) is 13.5. The third-order valence-corrected chi connectivity index (χ3v) is 3.50. The largest absolute Gasteiger partial charge is 0.482 e. The number of hydrogen-bond donors (Lipinski definition) is 1. The summed E-state index contributed by atoms with van der Waals surface area (Å²) in [6, 6.07) is 5.52. The minimum Gasteiger partial charge on any atom is -0.482 e. The van der Waals surface area contributed by atoms with Crippen LogP contribution in [0, 0.1) is 5.92 Å². The van der Waals surface area contributed by atoms with Crippen LogP contribution in [0.5, 0.6) is 5.75 Å². The van der Waals surface area contributed by atoms with E-state index in [9.17, 15) is 9.90 Å². The van der Waals surface area contributed by atoms with Crippen molar-refractivity contribution >= 4 is 27.5 Å². The highest BCUT2D eigenvalue weighted by Gasteiger charge is 2.28. The number of rotatable bonds is 3. The van der Waals surface area contributed by atoms with Gasteiger partial charge in [-0.05, 0) is 24.1 Å². The smallest absolute Gasteiger partial charge is 0.265 e. The first kappa shape index (κ1) is 13.4. The lowest BCUT2D eigenvalue weighted by atomic mass is 10.1. The maximum Gasteiger partial charge on any atom is 0.265 e. The van der Waals surface area contributed by atoms with Gasteiger partial charge in [0.1, 0.15) is 5.75 Å². The SMILES string of the molecule is CC(C)C(O)CN1C(=O)COc2ccc(Br)cc21. The molecule has 1 aliphatic rings. The molecular formula is C13H16BrNO3. The van der Waals surface area contributed by atoms with Crippen molar-refractivity contribution in [2.45, 2.75) is 20.0 Å². The van der Waals surface area contributed by atoms with Crippen molar-refractivity contribution in [2.75, 3.05) is 18.1 Å². The molecular weight excluding hydrogens is 298 g/mol. The first-order chi connectivity index (χ1) is 8.49. The lowest BCUT2D eigenvalue weighted by Gasteiger charge is -2.32. The number of hydrogen-bond acceptors (Lipinski definition) is 3. The quantitative estimate of drug-likeness (QED) is 0.930. The van der Waals surface area contributed by atoms with Gasteiger partial charge in [-0.3, -0.25) is 4.79 Å². The molecule has 1 heterocycles. The number of anilines is 1. The number of ether oxygens (including phenoxy) is 1. The Kier molecular flexibility index (Phi) is 3.92. The van der Waals surface area contributed by atoms with Gasteiger partial charge in [-0.1, -0.05) is 29.8 Å². The predicted octanol–water partition coefficient (Wildman–Crippen LogP) is 2.19. The summed E-state index contributed by atoms with van der Waals surface area (Å²) in [7, 11) is 0. The van der Waals surface area contributed by atoms with E-state index in [1.807, 2.05) is 32.0 Å². The first-order valence-corrected chi connectivity index (χ1v) is 6.69. The fourth-order valence-electron chi connectivity index (χ4n) is 1.77. The van der Waals surface area contributed by atoms with E-state index in [-0.39, 0.29) is 18.4 Å². The summed E-state index contributed by atoms with van der Waals surface area (Å²) in [6.07, 6.45) is -0.543. The molecule has 0 bridgehead atoms. The van der Waals surface area contributed by atoms with Crippen LogP contribution < -0.4 is 9.64 Å². The minimum absolute atomic E-state index is 0.0272. The van der Waals surface area contributed by atoms with Gasteiger partial charge in [-0.25, -0.2) is 0 Å². The Hall–Kier alpha value is -1.07. The molecule has 0 aliphatic carbocycles. The van der Waals surface area contributed by atoms with Crippen LogP contribution in [0.3, 0.4) is 0 Å². The van der Waals surface area contributed by atoms with E-state index in [1.165, 1.54) is 0 Å². The molecule has 1 atom stereocenters. The van der Waals surface area contributed by atoms with Crippen LogP contribution in [0.1, 0.15) is 13.8 Å². The summed E-state index contributed by atoms with van der Waals surface area (Å²) in [5.41, 5.74) is 0.709. The van der Waals surface area contributed by atoms with E-state index in [1.54, 1.807) is 4.90 Å². The summed E-state index contributed by atoms with van der Waals surface area (Å²) in [5, 5.41) is 9.94. The van der Waals surface area contributed by atoms with Gasteiger partial charge in [-0.2, -0.15) is 0 Å². The standard InChI is InChI=1S/C13H16BrNO3/c1-8(2)11(16)6-15-10-5-9(14)3-4-12(10)18-7-13(15)17/h3-5,8,11,16H,6-7H2,1-2H3. The van der Waals surface area contributed by atoms with Crippen molar-refractivity contribution in [3.63, 3.8) is 0 Å². The highest BCUT2D eigenvalue weighted by atomic mass is 79.9. The third-order valence-electron chi connectivity index (χ3n) is 3.00. The number of fused-ring (bicyclic) bond motifs is 1. The van der Waals surface area contributed by atoms with Gasteiger partial charge in [0.2, 0.25) is 0 Å². The van der Waals surface area contributed by atoms with E-state index in [0.717, 1.165) is 4.47 Å². The Labute approximate surface area is 115 Å². The zero-order valence-corrected chi connectivity index (χ0v) is 12.0. The molecule has 0 radical (unpaired) electrons. The normalized spacial score (nSPS) is 16.5. The number of aliphatic hydroxyl groups is 1. The fraction of sp³-hybridized carbons (Fsp3) is 0.462. The second kappa shape index (κ2) is 5.28. The Morgan fingerprint density at radius 3 is 2.89 bits per heavy atom. The number of aliphatic hydroxyl groups excluding tert-OH is 1. The summed E-state index contributed by atoms with van der Waals surface area (Å²) in [6.45, 7) is 4.18. The van der Waals surface area contributed by atoms with Gasteiger partial charge in [-0.15, -0.1) is 0 Å². The molecule has 0 saturated heterocycles. The molecule has 0 aromatic heterocycles. The highest BCUT2D eigenvalue weighted by molar-refractivity contribution is 9.10. The van der Waals surface area contributed by atoms with Gasteiger partial charge in [0.05, 0.1) is 18.3 Å². The topological polar surface area (TPSA) is 49.8 Å². The van der Waals surface area contributed by atoms with Crippen molar-refractivity contribution in [1.29, 1.82) is 0 Å². The number of halogens is 1. The Morgan fingerprint density at radius 2 is 2.22 bits per heavy atom. The van der Waals surface area contributed by atoms with E-state index >= 15 is 0 Å². The molecule has 1 aromatic carbocycles. The van der Waals surface area contributed by atoms with Crippen LogP contribution in [-0.4, -0.2) is 30.3 Å². The van der Waals surface area contributed by atoms with Crippen LogP contribution in [0.2, 0.25) is 0 Å². The highest BCUT2D eigenvalue weighted by Crippen LogP contribution is 2.34. The monoisotopic (exact) mass is 313 g/mol. The van der Waals surface area contributed by atoms with Crippen LogP contribution in [0.25, 0.3) is 0 Å². The second-order valence-electron chi connectivity index (χ2n) is 4.72. The number of β-amino-alcohol motifs (C(OH)–C–C–N with tert-alkyl or cyclic N) is 1. The molecule has 18 heavy (non-hydrogen) atoms. The summed E-state index contributed by atoms with van der Waals surface area (Å²) in [5.74, 6) is 0.658. The van der Waals surface area contributed by atoms with Crippen LogP contribution >= 0.6 is 15.9 Å². The van der Waals surface area contributed by atoms with Crippen LogP contribution in [0.15, 0.2) is 22.7 Å². The maximum absolute atomic E-state index is 11.9. The van der Waals surface area contributed by atoms with Crippen molar-refractivity contribution in [3.05, 3.63) is 22.7 Å². The zero-order chi connectivity index (χ0) is 13.3. The molecule has 1 aromatic rings. The fourth-order valence-corrected chi connectivity index (χ4v) is 2.12. The van der Waals surface area contributed by atoms with E-state index in [0.29, 0.717) is 18.0 Å². The van der Waals surface area contributed by atoms with E-state index < -0.39 is 6.10 Å². The number of benzene rings is 1. The molecule has 1 N–H and O–H groups in total. The van der Waals surface area contributed by atoms with Crippen LogP contribution in [0.4, 0.5) is 5.69 Å². The van der Waals surface area contributed by atoms with Crippen molar-refractivity contribution in [1.82, 2.24) is 0 Å². The Bertz CT molecular complexity index is 462. The van der Waals surface area contributed by atoms with Gasteiger partial charge >= 0.3 is 0 Å². The Morgan fingerprint density at radius 1 is 1.50 bits per heavy atom. The predicted molar refractivity (Wildman–Crippen MR) is 72.8 cm³/mol. The van der Waals surface area contributed by atoms with Gasteiger partial charge in [0, 0.05) is 4.47 Å². The minimum atomic E-state index is -0.543. The van der Waals surface area contributed by atoms with Crippen LogP contribution in [-0.2, 0) is 4.79 Å². The molecule has 1 unspecified atom stereocenters. The molecule has 1 amide bonds. The Balaban J connectivity index is 2.30. The zero-order valence-electron chi connectivity index (χ0n) is 10.4. The van der Waals surface area contributed by atoms with Gasteiger partial charge < -0.3 is 14.7 Å². The molecule has 2 rings (SSSR count). The summed E-state index contributed by atoms with van der Waals surface area (Å²) >= 11 is 3.38. The average molecular weight is 314 g/mol. The third kappa shape index (κ3) is 2.67. The van der Waals surface area contributed by atoms with E-state index in [2.05, 4.69) is 15.9 Å². The molecule has 4 nitrogen and oxygen atoms in total. The maximum atomic E-state index is 11.9. The summed E-state index contributed by atoms with van der Waals surface area (Å²) < 4.78 is 6.25. The average Bonchev–Trinajstić information content (AvgIpc) is 2.32. The molecule has 0 spiro atoms. The van der Waals surface area contributed by atoms with Crippen molar-refractivity contribution < 1.29 is 14.6 Å². The molecule has 98 valence electrons. The van der Waals surface area contributed by atoms with Gasteiger partial charge in [0.15, 0.2) is 6.61 Å². The number of nitrogens with zero attached hydrogens (tertiary/aromatic N) is 1. The van der Waals surface area contributed by atoms with Gasteiger partial charge in [0.25, 0.3) is 5.91 Å². The van der Waals surface area contributed by atoms with Crippen molar-refractivity contribution in [3.8, 4) is 5.75 Å². The molecule has 1 aliphatic heterocycles. The first-order valence-electron chi connectivity index (χ1n) is 5.90. The second-order valence-corrected chi connectivity index (χ2v) is 5.63. The number of amides is 1. The number of carbonyl (C=O) groups excluding carboxylic acids is 1. The lowest BCUT2D eigenvalue weighted by molar-refractivity contribution is -0.121. The molecule has 0 fully saturated rings. The molecule has 0 saturated carbocycles. The molecule has 5 heteroatoms. The van der Waals surface area contributed by atoms with E-state index in [4.69, 9.17) is 4.74 Å². The lowest BCUT2D eigenvalue weighted by Crippen LogP contribution is -2.44. The van der Waals surface area contributed by atoms with Crippen molar-refractivity contribution in [2.24, 2.45) is 5.92 Å². The number of carbonyl (C=O) groups is 1.